The third kappa shape index (κ3) is 3.76. The van der Waals surface area contributed by atoms with Gasteiger partial charge in [0.25, 0.3) is 0 Å². The van der Waals surface area contributed by atoms with E-state index in [4.69, 9.17) is 9.52 Å². The van der Waals surface area contributed by atoms with E-state index in [-0.39, 0.29) is 0 Å². The second kappa shape index (κ2) is 6.94. The Labute approximate surface area is 126 Å². The van der Waals surface area contributed by atoms with Crippen LogP contribution in [0.3, 0.4) is 0 Å². The molecule has 0 radical (unpaired) electrons. The van der Waals surface area contributed by atoms with Crippen molar-refractivity contribution in [2.45, 2.75) is 57.0 Å². The number of nitrogens with one attached hydrogen (secondary N) is 1. The van der Waals surface area contributed by atoms with E-state index in [1.165, 1.54) is 31.4 Å². The molecule has 1 aliphatic carbocycles. The molecule has 1 atom stereocenters. The highest BCUT2D eigenvalue weighted by molar-refractivity contribution is 5.04. The lowest BCUT2D eigenvalue weighted by Gasteiger charge is -2.14. The van der Waals surface area contributed by atoms with Crippen LogP contribution in [0.15, 0.2) is 35.1 Å². The van der Waals surface area contributed by atoms with Crippen LogP contribution in [0.1, 0.15) is 49.6 Å². The van der Waals surface area contributed by atoms with Crippen molar-refractivity contribution in [2.75, 3.05) is 7.05 Å². The van der Waals surface area contributed by atoms with Crippen LogP contribution in [-0.4, -0.2) is 22.9 Å². The van der Waals surface area contributed by atoms with E-state index < -0.39 is 0 Å². The molecule has 1 N–H and O–H groups in total. The minimum absolute atomic E-state index is 0.446. The fourth-order valence-corrected chi connectivity index (χ4v) is 3.23. The van der Waals surface area contributed by atoms with Gasteiger partial charge < -0.3 is 9.73 Å². The number of likely N-dealkylation sites (N-methyl/N-ethyl adjacent to an activating group) is 1. The summed E-state index contributed by atoms with van der Waals surface area (Å²) >= 11 is 0. The van der Waals surface area contributed by atoms with Gasteiger partial charge in [-0.1, -0.05) is 12.8 Å². The minimum Gasteiger partial charge on any atom is -0.469 e. The Bertz CT molecular complexity index is 526. The van der Waals surface area contributed by atoms with Gasteiger partial charge in [0, 0.05) is 25.1 Å². The zero-order chi connectivity index (χ0) is 14.5. The number of nitrogens with zero attached hydrogens (tertiary/aromatic N) is 2. The summed E-state index contributed by atoms with van der Waals surface area (Å²) in [7, 11) is 2.03. The molecule has 0 amide bonds. The zero-order valence-electron chi connectivity index (χ0n) is 12.8. The van der Waals surface area contributed by atoms with Gasteiger partial charge in [-0.25, -0.2) is 0 Å². The first-order valence-corrected chi connectivity index (χ1v) is 8.09. The second-order valence-corrected chi connectivity index (χ2v) is 6.03. The summed E-state index contributed by atoms with van der Waals surface area (Å²) in [5.74, 6) is 1.06. The molecule has 3 rings (SSSR count). The largest absolute Gasteiger partial charge is 0.469 e. The highest BCUT2D eigenvalue weighted by Crippen LogP contribution is 2.28. The molecule has 0 spiro atoms. The van der Waals surface area contributed by atoms with Crippen LogP contribution in [-0.2, 0) is 12.8 Å². The predicted octanol–water partition coefficient (Wildman–Crippen LogP) is 3.35. The van der Waals surface area contributed by atoms with Crippen LogP contribution in [0.2, 0.25) is 0 Å². The first-order valence-electron chi connectivity index (χ1n) is 8.09. The van der Waals surface area contributed by atoms with Crippen molar-refractivity contribution in [3.63, 3.8) is 0 Å². The topological polar surface area (TPSA) is 43.0 Å². The monoisotopic (exact) mass is 287 g/mol. The summed E-state index contributed by atoms with van der Waals surface area (Å²) in [5, 5.41) is 8.18. The van der Waals surface area contributed by atoms with E-state index in [9.17, 15) is 0 Å². The van der Waals surface area contributed by atoms with Crippen molar-refractivity contribution in [3.05, 3.63) is 42.1 Å². The van der Waals surface area contributed by atoms with Gasteiger partial charge in [0.2, 0.25) is 0 Å². The molecule has 1 aliphatic rings. The molecule has 0 aromatic carbocycles. The van der Waals surface area contributed by atoms with Gasteiger partial charge in [-0.2, -0.15) is 5.10 Å². The maximum absolute atomic E-state index is 5.40. The van der Waals surface area contributed by atoms with Crippen LogP contribution >= 0.6 is 0 Å². The standard InChI is InChI=1S/C17H25N3O/c1-18-14(8-9-17-7-4-12-21-17)13-15-10-11-20(19-15)16-5-2-3-6-16/h4,7,10-12,14,16,18H,2-3,5-6,8-9,13H2,1H3. The molecule has 0 aliphatic heterocycles. The van der Waals surface area contributed by atoms with Crippen LogP contribution in [0, 0.1) is 0 Å². The van der Waals surface area contributed by atoms with Gasteiger partial charge in [-0.15, -0.1) is 0 Å². The molecule has 21 heavy (non-hydrogen) atoms. The van der Waals surface area contributed by atoms with Crippen LogP contribution in [0.4, 0.5) is 0 Å². The molecule has 2 aromatic rings. The third-order valence-corrected chi connectivity index (χ3v) is 4.55. The van der Waals surface area contributed by atoms with Gasteiger partial charge in [-0.3, -0.25) is 4.68 Å². The number of furan rings is 1. The van der Waals surface area contributed by atoms with Crippen molar-refractivity contribution in [1.29, 1.82) is 0 Å². The summed E-state index contributed by atoms with van der Waals surface area (Å²) < 4.78 is 7.58. The van der Waals surface area contributed by atoms with Crippen molar-refractivity contribution in [3.8, 4) is 0 Å². The van der Waals surface area contributed by atoms with Gasteiger partial charge in [-0.05, 0) is 44.5 Å². The quantitative estimate of drug-likeness (QED) is 0.849. The fraction of sp³-hybridized carbons (Fsp3) is 0.588. The molecule has 4 nitrogen and oxygen atoms in total. The van der Waals surface area contributed by atoms with E-state index in [0.29, 0.717) is 12.1 Å². The summed E-state index contributed by atoms with van der Waals surface area (Å²) in [4.78, 5) is 0. The second-order valence-electron chi connectivity index (χ2n) is 6.03. The first-order chi connectivity index (χ1) is 10.3. The van der Waals surface area contributed by atoms with E-state index >= 15 is 0 Å². The summed E-state index contributed by atoms with van der Waals surface area (Å²) in [6.45, 7) is 0. The van der Waals surface area contributed by atoms with Crippen molar-refractivity contribution in [1.82, 2.24) is 15.1 Å². The Balaban J connectivity index is 1.53. The highest BCUT2D eigenvalue weighted by atomic mass is 16.3. The van der Waals surface area contributed by atoms with Crippen LogP contribution in [0.5, 0.6) is 0 Å². The lowest BCUT2D eigenvalue weighted by molar-refractivity contribution is 0.444. The van der Waals surface area contributed by atoms with Crippen molar-refractivity contribution < 1.29 is 4.42 Å². The van der Waals surface area contributed by atoms with E-state index in [1.54, 1.807) is 6.26 Å². The number of rotatable bonds is 7. The van der Waals surface area contributed by atoms with E-state index in [1.807, 2.05) is 19.2 Å². The average Bonchev–Trinajstić information content (AvgIpc) is 3.24. The molecule has 1 unspecified atom stereocenters. The van der Waals surface area contributed by atoms with Crippen molar-refractivity contribution >= 4 is 0 Å². The molecule has 4 heteroatoms. The molecule has 0 saturated heterocycles. The minimum atomic E-state index is 0.446. The molecular formula is C17H25N3O. The Morgan fingerprint density at radius 2 is 2.24 bits per heavy atom. The van der Waals surface area contributed by atoms with Gasteiger partial charge in [0.1, 0.15) is 5.76 Å². The molecular weight excluding hydrogens is 262 g/mol. The lowest BCUT2D eigenvalue weighted by Crippen LogP contribution is -2.28. The Morgan fingerprint density at radius 1 is 1.38 bits per heavy atom. The SMILES string of the molecule is CNC(CCc1ccco1)Cc1ccn(C2CCCC2)n1. The maximum atomic E-state index is 5.40. The maximum Gasteiger partial charge on any atom is 0.103 e. The highest BCUT2D eigenvalue weighted by Gasteiger charge is 2.18. The summed E-state index contributed by atoms with van der Waals surface area (Å²) in [6, 6.07) is 7.25. The lowest BCUT2D eigenvalue weighted by atomic mass is 10.1. The van der Waals surface area contributed by atoms with Crippen LogP contribution in [0.25, 0.3) is 0 Å². The van der Waals surface area contributed by atoms with E-state index in [2.05, 4.69) is 22.3 Å². The summed E-state index contributed by atoms with van der Waals surface area (Å²) in [5.41, 5.74) is 1.20. The van der Waals surface area contributed by atoms with Gasteiger partial charge in [0.15, 0.2) is 0 Å². The smallest absolute Gasteiger partial charge is 0.103 e. The predicted molar refractivity (Wildman–Crippen MR) is 83.3 cm³/mol. The summed E-state index contributed by atoms with van der Waals surface area (Å²) in [6.07, 6.45) is 12.2. The normalized spacial score (nSPS) is 17.4. The average molecular weight is 287 g/mol. The van der Waals surface area contributed by atoms with Crippen molar-refractivity contribution in [2.24, 2.45) is 0 Å². The number of aromatic nitrogens is 2. The Kier molecular flexibility index (Phi) is 4.76. The first kappa shape index (κ1) is 14.4. The Morgan fingerprint density at radius 3 is 2.95 bits per heavy atom. The zero-order valence-corrected chi connectivity index (χ0v) is 12.8. The molecule has 114 valence electrons. The van der Waals surface area contributed by atoms with Gasteiger partial charge >= 0.3 is 0 Å². The van der Waals surface area contributed by atoms with Crippen LogP contribution < -0.4 is 5.32 Å². The molecule has 2 aromatic heterocycles. The fourth-order valence-electron chi connectivity index (χ4n) is 3.23. The van der Waals surface area contributed by atoms with E-state index in [0.717, 1.165) is 25.0 Å². The molecule has 1 fully saturated rings. The number of aryl methyl sites for hydroxylation is 1. The molecule has 2 heterocycles. The van der Waals surface area contributed by atoms with Gasteiger partial charge in [0.05, 0.1) is 18.0 Å². The Hall–Kier alpha value is -1.55. The third-order valence-electron chi connectivity index (χ3n) is 4.55. The molecule has 0 bridgehead atoms. The number of hydrogen-bond donors (Lipinski definition) is 1. The molecule has 1 saturated carbocycles. The number of hydrogen-bond acceptors (Lipinski definition) is 3.